The van der Waals surface area contributed by atoms with Gasteiger partial charge in [0.15, 0.2) is 5.78 Å². The number of amides is 2. The molecule has 0 saturated carbocycles. The van der Waals surface area contributed by atoms with E-state index in [2.05, 4.69) is 20.3 Å². The number of nitrogens with one attached hydrogen (secondary N) is 3. The van der Waals surface area contributed by atoms with E-state index in [0.29, 0.717) is 23.3 Å². The first-order valence-electron chi connectivity index (χ1n) is 18.1. The number of hydrogen-bond donors (Lipinski definition) is 4. The zero-order valence-corrected chi connectivity index (χ0v) is 33.0. The summed E-state index contributed by atoms with van der Waals surface area (Å²) in [6.07, 6.45) is 5.26. The number of carbonyl (C=O) groups excluding carboxylic acids is 4. The van der Waals surface area contributed by atoms with E-state index in [4.69, 9.17) is 19.9 Å². The Morgan fingerprint density at radius 3 is 2.43 bits per heavy atom. The molecule has 2 aromatic rings. The molecule has 15 heteroatoms. The number of fused-ring (bicyclic) bond motifs is 14. The number of nitrogens with two attached hydrogens (primary N) is 1. The zero-order chi connectivity index (χ0) is 39.8. The Bertz CT molecular complexity index is 1910. The average molecular weight is 768 g/mol. The van der Waals surface area contributed by atoms with E-state index in [1.54, 1.807) is 50.3 Å². The van der Waals surface area contributed by atoms with Crippen LogP contribution in [0.5, 0.6) is 11.5 Å². The molecule has 0 saturated heterocycles. The number of esters is 1. The monoisotopic (exact) mass is 767 g/mol. The summed E-state index contributed by atoms with van der Waals surface area (Å²) in [5.74, 6) is -1.93. The van der Waals surface area contributed by atoms with Gasteiger partial charge < -0.3 is 30.6 Å². The second kappa shape index (κ2) is 17.9. The summed E-state index contributed by atoms with van der Waals surface area (Å²) >= 11 is 0. The third-order valence-corrected chi connectivity index (χ3v) is 11.4. The lowest BCUT2D eigenvalue weighted by molar-refractivity contribution is -0.145. The van der Waals surface area contributed by atoms with E-state index in [1.165, 1.54) is 14.0 Å². The Kier molecular flexibility index (Phi) is 13.9. The summed E-state index contributed by atoms with van der Waals surface area (Å²) in [4.78, 5) is 56.5. The Morgan fingerprint density at radius 1 is 1.06 bits per heavy atom. The van der Waals surface area contributed by atoms with E-state index >= 15 is 0 Å². The lowest BCUT2D eigenvalue weighted by atomic mass is 9.88. The van der Waals surface area contributed by atoms with Crippen LogP contribution in [-0.2, 0) is 46.8 Å². The first-order chi connectivity index (χ1) is 25.4. The van der Waals surface area contributed by atoms with Crippen LogP contribution in [0, 0.1) is 26.7 Å². The van der Waals surface area contributed by atoms with Gasteiger partial charge in [-0.25, -0.2) is 17.9 Å². The van der Waals surface area contributed by atoms with Gasteiger partial charge in [-0.15, -0.1) is 0 Å². The number of nitrogens with zero attached hydrogens (tertiary/aromatic N) is 1. The number of hydrogen-bond acceptors (Lipinski definition) is 10. The van der Waals surface area contributed by atoms with Crippen molar-refractivity contribution in [3.05, 3.63) is 64.2 Å². The smallest absolute Gasteiger partial charge is 0.328 e. The van der Waals surface area contributed by atoms with Crippen molar-refractivity contribution in [2.75, 3.05) is 20.3 Å². The largest absolute Gasteiger partial charge is 0.490 e. The number of ether oxygens (including phenoxy) is 3. The second-order valence-electron chi connectivity index (χ2n) is 14.5. The SMILES string of the molecule is COC(=O)[C@H]1CC=CCOc2ccc(cc2)C[C@H](NC(C)=O)C(=O)C[C@H](CCCN=C(N)NS(=O)(=O)c2c(C)c(C)c3c(c2C)CCC(C)(C)O3)C(=O)N1. The normalized spacial score (nSPS) is 20.8. The molecule has 5 rings (SSSR count). The van der Waals surface area contributed by atoms with E-state index in [0.717, 1.165) is 28.9 Å². The summed E-state index contributed by atoms with van der Waals surface area (Å²) in [5.41, 5.74) is 9.26. The minimum Gasteiger partial charge on any atom is -0.490 e. The maximum atomic E-state index is 13.7. The molecule has 0 radical (unpaired) electrons. The molecule has 54 heavy (non-hydrogen) atoms. The predicted octanol–water partition coefficient (Wildman–Crippen LogP) is 3.41. The van der Waals surface area contributed by atoms with Gasteiger partial charge in [-0.3, -0.25) is 19.4 Å². The molecule has 0 spiro atoms. The molecular formula is C39H53N5O9S. The number of sulfonamides is 1. The average Bonchev–Trinajstić information content (AvgIpc) is 3.10. The molecule has 2 aromatic carbocycles. The summed E-state index contributed by atoms with van der Waals surface area (Å²) in [5, 5.41) is 5.42. The molecule has 2 amide bonds. The van der Waals surface area contributed by atoms with Crippen molar-refractivity contribution in [1.82, 2.24) is 15.4 Å². The standard InChI is InChI=1S/C39H53N5O9S/c1-23-24(2)35(25(3)30-17-18-39(5,6)53-34(23)30)54(49,50)44-38(40)41-19-10-11-28-22-33(46)32(42-26(4)45)21-27-13-15-29(16-14-27)52-20-9-8-12-31(37(48)51-7)43-36(28)47/h8-9,13-16,28,31-32H,10-12,17-22H2,1-7H3,(H,42,45)(H,43,47)(H3,40,41,44)/t28-,31+,32-/m0/s1. The highest BCUT2D eigenvalue weighted by Crippen LogP contribution is 2.42. The molecule has 0 aliphatic carbocycles. The number of rotatable bonds is 8. The first-order valence-corrected chi connectivity index (χ1v) is 19.6. The van der Waals surface area contributed by atoms with Crippen LogP contribution in [0.15, 0.2) is 46.3 Å². The van der Waals surface area contributed by atoms with Gasteiger partial charge >= 0.3 is 5.97 Å². The van der Waals surface area contributed by atoms with Gasteiger partial charge in [0, 0.05) is 25.8 Å². The molecular weight excluding hydrogens is 715 g/mol. The summed E-state index contributed by atoms with van der Waals surface area (Å²) in [6.45, 7) is 10.9. The lowest BCUT2D eigenvalue weighted by Gasteiger charge is -2.35. The van der Waals surface area contributed by atoms with Crippen LogP contribution < -0.4 is 30.6 Å². The van der Waals surface area contributed by atoms with Gasteiger partial charge in [0.05, 0.1) is 18.0 Å². The molecule has 0 aromatic heterocycles. The third kappa shape index (κ3) is 10.8. The van der Waals surface area contributed by atoms with E-state index in [-0.39, 0.29) is 67.5 Å². The zero-order valence-electron chi connectivity index (χ0n) is 32.2. The van der Waals surface area contributed by atoms with Crippen molar-refractivity contribution >= 4 is 39.5 Å². The first kappa shape index (κ1) is 41.8. The van der Waals surface area contributed by atoms with Crippen molar-refractivity contribution in [2.24, 2.45) is 16.6 Å². The van der Waals surface area contributed by atoms with Crippen molar-refractivity contribution in [2.45, 2.75) is 109 Å². The molecule has 3 heterocycles. The van der Waals surface area contributed by atoms with Gasteiger partial charge in [0.2, 0.25) is 17.8 Å². The molecule has 294 valence electrons. The van der Waals surface area contributed by atoms with Crippen LogP contribution in [0.2, 0.25) is 0 Å². The fourth-order valence-electron chi connectivity index (χ4n) is 6.76. The summed E-state index contributed by atoms with van der Waals surface area (Å²) in [7, 11) is -2.91. The predicted molar refractivity (Wildman–Crippen MR) is 204 cm³/mol. The topological polar surface area (TPSA) is 205 Å². The van der Waals surface area contributed by atoms with Crippen LogP contribution in [-0.4, -0.2) is 75.9 Å². The van der Waals surface area contributed by atoms with E-state index < -0.39 is 45.8 Å². The van der Waals surface area contributed by atoms with Gasteiger partial charge in [-0.1, -0.05) is 24.3 Å². The van der Waals surface area contributed by atoms with Crippen molar-refractivity contribution < 1.29 is 41.8 Å². The molecule has 0 fully saturated rings. The number of benzene rings is 2. The van der Waals surface area contributed by atoms with E-state index in [1.807, 2.05) is 20.8 Å². The highest BCUT2D eigenvalue weighted by molar-refractivity contribution is 7.90. The number of methoxy groups -OCH3 is 1. The lowest BCUT2D eigenvalue weighted by Crippen LogP contribution is -2.46. The summed E-state index contributed by atoms with van der Waals surface area (Å²) < 4.78 is 46.6. The van der Waals surface area contributed by atoms with E-state index in [9.17, 15) is 27.6 Å². The highest BCUT2D eigenvalue weighted by Gasteiger charge is 2.34. The van der Waals surface area contributed by atoms with Crippen molar-refractivity contribution in [3.8, 4) is 11.5 Å². The molecule has 5 N–H and O–H groups in total. The molecule has 0 unspecified atom stereocenters. The fourth-order valence-corrected chi connectivity index (χ4v) is 8.28. The molecule has 14 nitrogen and oxygen atoms in total. The van der Waals surface area contributed by atoms with Crippen molar-refractivity contribution in [1.29, 1.82) is 0 Å². The second-order valence-corrected chi connectivity index (χ2v) is 16.1. The maximum absolute atomic E-state index is 13.7. The number of Topliss-reactive ketones (excluding diaryl/α,β-unsaturated/α-hetero) is 1. The molecule has 3 aliphatic heterocycles. The van der Waals surface area contributed by atoms with Crippen LogP contribution in [0.4, 0.5) is 0 Å². The molecule has 3 atom stereocenters. The van der Waals surface area contributed by atoms with Crippen LogP contribution in [0.1, 0.15) is 80.7 Å². The molecule has 3 aliphatic rings. The van der Waals surface area contributed by atoms with Gasteiger partial charge in [0.25, 0.3) is 10.0 Å². The van der Waals surface area contributed by atoms with Gasteiger partial charge in [0.1, 0.15) is 29.7 Å². The molecule has 2 bridgehead atoms. The summed E-state index contributed by atoms with van der Waals surface area (Å²) in [6, 6.07) is 5.19. The number of aliphatic imine (C=N–C) groups is 1. The number of guanidine groups is 1. The van der Waals surface area contributed by atoms with Crippen LogP contribution in [0.25, 0.3) is 0 Å². The Hall–Kier alpha value is -4.92. The Balaban J connectivity index is 1.53. The minimum absolute atomic E-state index is 0.0288. The Labute approximate surface area is 317 Å². The van der Waals surface area contributed by atoms with Crippen molar-refractivity contribution in [3.63, 3.8) is 0 Å². The van der Waals surface area contributed by atoms with Crippen LogP contribution in [0.3, 0.4) is 0 Å². The fraction of sp³-hybridized carbons (Fsp3) is 0.513. The van der Waals surface area contributed by atoms with Crippen LogP contribution >= 0.6 is 0 Å². The highest BCUT2D eigenvalue weighted by atomic mass is 32.2. The maximum Gasteiger partial charge on any atom is 0.328 e. The quantitative estimate of drug-likeness (QED) is 0.101. The number of ketones is 1. The number of carbonyl (C=O) groups is 4. The third-order valence-electron chi connectivity index (χ3n) is 9.80. The minimum atomic E-state index is -4.13. The van der Waals surface area contributed by atoms with Gasteiger partial charge in [-0.05, 0) is 113 Å². The van der Waals surface area contributed by atoms with Gasteiger partial charge in [-0.2, -0.15) is 0 Å². The Morgan fingerprint density at radius 2 is 1.76 bits per heavy atom.